The molecule has 1 aliphatic rings. The number of likely N-dealkylation sites (N-methyl/N-ethyl adjacent to an activating group) is 1. The van der Waals surface area contributed by atoms with E-state index >= 15 is 0 Å². The van der Waals surface area contributed by atoms with Crippen LogP contribution in [0.15, 0.2) is 35.9 Å². The van der Waals surface area contributed by atoms with Gasteiger partial charge in [-0.3, -0.25) is 10.1 Å². The highest BCUT2D eigenvalue weighted by atomic mass is 16.5. The molecule has 1 aliphatic carbocycles. The second kappa shape index (κ2) is 10.6. The van der Waals surface area contributed by atoms with Crippen LogP contribution >= 0.6 is 0 Å². The topological polar surface area (TPSA) is 71.9 Å². The van der Waals surface area contributed by atoms with Gasteiger partial charge in [0.2, 0.25) is 0 Å². The Balaban J connectivity index is 1.64. The van der Waals surface area contributed by atoms with Crippen LogP contribution in [0, 0.1) is 0 Å². The van der Waals surface area contributed by atoms with Gasteiger partial charge in [-0.25, -0.2) is 4.79 Å². The lowest BCUT2D eigenvalue weighted by Crippen LogP contribution is -3.09. The number of carbonyl (C=O) groups excluding carboxylic acids is 2. The van der Waals surface area contributed by atoms with Gasteiger partial charge < -0.3 is 15.0 Å². The lowest BCUT2D eigenvalue weighted by molar-refractivity contribution is -0.885. The van der Waals surface area contributed by atoms with Gasteiger partial charge >= 0.3 is 6.03 Å². The predicted molar refractivity (Wildman–Crippen MR) is 101 cm³/mol. The number of urea groups is 1. The number of methoxy groups -OCH3 is 1. The van der Waals surface area contributed by atoms with Crippen molar-refractivity contribution in [2.24, 2.45) is 0 Å². The summed E-state index contributed by atoms with van der Waals surface area (Å²) < 4.78 is 5.13. The Morgan fingerprint density at radius 3 is 2.62 bits per heavy atom. The molecule has 0 fully saturated rings. The number of allylic oxidation sites excluding steroid dienone is 1. The minimum absolute atomic E-state index is 0.241. The van der Waals surface area contributed by atoms with Crippen molar-refractivity contribution in [3.05, 3.63) is 41.5 Å². The molecule has 0 aliphatic heterocycles. The minimum Gasteiger partial charge on any atom is -0.497 e. The van der Waals surface area contributed by atoms with E-state index in [-0.39, 0.29) is 12.5 Å². The highest BCUT2D eigenvalue weighted by Gasteiger charge is 2.13. The van der Waals surface area contributed by atoms with Gasteiger partial charge in [0.25, 0.3) is 5.91 Å². The Bertz CT molecular complexity index is 626. The summed E-state index contributed by atoms with van der Waals surface area (Å²) in [6, 6.07) is 7.35. The molecule has 0 saturated heterocycles. The summed E-state index contributed by atoms with van der Waals surface area (Å²) in [7, 11) is 3.56. The van der Waals surface area contributed by atoms with Crippen LogP contribution in [-0.4, -0.2) is 39.2 Å². The molecule has 142 valence electrons. The quantitative estimate of drug-likeness (QED) is 0.614. The fourth-order valence-electron chi connectivity index (χ4n) is 3.11. The second-order valence-corrected chi connectivity index (χ2v) is 6.82. The number of amides is 3. The number of quaternary nitrogens is 1. The Hall–Kier alpha value is -2.34. The van der Waals surface area contributed by atoms with Crippen molar-refractivity contribution < 1.29 is 19.2 Å². The standard InChI is InChI=1S/C20H29N3O3/c1-23(14-17-8-10-18(26-2)11-9-17)15-19(24)22-20(25)21-13-12-16-6-4-3-5-7-16/h6,8-11H,3-5,7,12-15H2,1-2H3,(H2,21,22,24,25)/p+1. The highest BCUT2D eigenvalue weighted by molar-refractivity contribution is 5.94. The maximum absolute atomic E-state index is 12.0. The van der Waals surface area contributed by atoms with Gasteiger partial charge in [0.1, 0.15) is 12.3 Å². The Kier molecular flexibility index (Phi) is 8.15. The number of nitrogens with one attached hydrogen (secondary N) is 3. The minimum atomic E-state index is -0.413. The molecule has 6 nitrogen and oxygen atoms in total. The van der Waals surface area contributed by atoms with Crippen molar-refractivity contribution in [3.8, 4) is 5.75 Å². The second-order valence-electron chi connectivity index (χ2n) is 6.82. The lowest BCUT2D eigenvalue weighted by Gasteiger charge is -2.15. The van der Waals surface area contributed by atoms with Crippen LogP contribution < -0.4 is 20.3 Å². The van der Waals surface area contributed by atoms with E-state index in [0.29, 0.717) is 13.1 Å². The number of hydrogen-bond acceptors (Lipinski definition) is 3. The van der Waals surface area contributed by atoms with Crippen LogP contribution in [0.5, 0.6) is 5.75 Å². The summed E-state index contributed by atoms with van der Waals surface area (Å²) in [5.74, 6) is 0.537. The lowest BCUT2D eigenvalue weighted by atomic mass is 9.97. The van der Waals surface area contributed by atoms with E-state index in [1.807, 2.05) is 31.3 Å². The van der Waals surface area contributed by atoms with Crippen molar-refractivity contribution >= 4 is 11.9 Å². The van der Waals surface area contributed by atoms with Crippen molar-refractivity contribution in [1.82, 2.24) is 10.6 Å². The first-order valence-electron chi connectivity index (χ1n) is 9.26. The van der Waals surface area contributed by atoms with Gasteiger partial charge in [-0.1, -0.05) is 11.6 Å². The van der Waals surface area contributed by atoms with Gasteiger partial charge in [0.15, 0.2) is 6.54 Å². The van der Waals surface area contributed by atoms with Gasteiger partial charge in [-0.2, -0.15) is 0 Å². The summed E-state index contributed by atoms with van der Waals surface area (Å²) in [6.45, 7) is 1.51. The van der Waals surface area contributed by atoms with Crippen LogP contribution in [0.25, 0.3) is 0 Å². The fourth-order valence-corrected chi connectivity index (χ4v) is 3.11. The molecule has 3 N–H and O–H groups in total. The number of imide groups is 1. The first-order valence-corrected chi connectivity index (χ1v) is 9.26. The monoisotopic (exact) mass is 360 g/mol. The molecule has 1 aromatic carbocycles. The number of benzene rings is 1. The van der Waals surface area contributed by atoms with Crippen molar-refractivity contribution in [2.75, 3.05) is 27.2 Å². The van der Waals surface area contributed by atoms with E-state index in [0.717, 1.165) is 35.5 Å². The smallest absolute Gasteiger partial charge is 0.321 e. The Labute approximate surface area is 155 Å². The maximum Gasteiger partial charge on any atom is 0.321 e. The zero-order valence-electron chi connectivity index (χ0n) is 15.8. The number of rotatable bonds is 8. The largest absolute Gasteiger partial charge is 0.497 e. The highest BCUT2D eigenvalue weighted by Crippen LogP contribution is 2.19. The van der Waals surface area contributed by atoms with Crippen LogP contribution in [0.1, 0.15) is 37.7 Å². The molecule has 6 heteroatoms. The third-order valence-electron chi connectivity index (χ3n) is 4.50. The molecule has 1 unspecified atom stereocenters. The van der Waals surface area contributed by atoms with Gasteiger partial charge in [-0.05, 0) is 56.4 Å². The average molecular weight is 360 g/mol. The maximum atomic E-state index is 12.0. The molecular weight excluding hydrogens is 330 g/mol. The molecule has 0 bridgehead atoms. The summed E-state index contributed by atoms with van der Waals surface area (Å²) in [5.41, 5.74) is 2.52. The molecule has 0 saturated carbocycles. The first kappa shape index (κ1) is 20.0. The Morgan fingerprint density at radius 2 is 1.96 bits per heavy atom. The average Bonchev–Trinajstić information content (AvgIpc) is 2.63. The zero-order valence-corrected chi connectivity index (χ0v) is 15.8. The zero-order chi connectivity index (χ0) is 18.8. The van der Waals surface area contributed by atoms with Crippen molar-refractivity contribution in [2.45, 2.75) is 38.6 Å². The summed E-state index contributed by atoms with van der Waals surface area (Å²) in [4.78, 5) is 24.8. The SMILES string of the molecule is COc1ccc(C[NH+](C)CC(=O)NC(=O)NCCC2=CCCCC2)cc1. The number of carbonyl (C=O) groups is 2. The fraction of sp³-hybridized carbons (Fsp3) is 0.500. The van der Waals surface area contributed by atoms with Crippen LogP contribution in [0.3, 0.4) is 0 Å². The van der Waals surface area contributed by atoms with E-state index in [1.165, 1.54) is 18.4 Å². The van der Waals surface area contributed by atoms with Crippen molar-refractivity contribution in [1.29, 1.82) is 0 Å². The third kappa shape index (κ3) is 7.27. The van der Waals surface area contributed by atoms with Gasteiger partial charge in [-0.15, -0.1) is 0 Å². The molecular formula is C20H30N3O3+. The molecule has 0 radical (unpaired) electrons. The van der Waals surface area contributed by atoms with E-state index < -0.39 is 6.03 Å². The predicted octanol–water partition coefficient (Wildman–Crippen LogP) is 1.43. The molecule has 3 amide bonds. The van der Waals surface area contributed by atoms with Crippen LogP contribution in [0.2, 0.25) is 0 Å². The van der Waals surface area contributed by atoms with Crippen LogP contribution in [-0.2, 0) is 11.3 Å². The van der Waals surface area contributed by atoms with Gasteiger partial charge in [0, 0.05) is 12.1 Å². The van der Waals surface area contributed by atoms with E-state index in [4.69, 9.17) is 4.74 Å². The normalized spacial score (nSPS) is 14.9. The third-order valence-corrected chi connectivity index (χ3v) is 4.50. The summed E-state index contributed by atoms with van der Waals surface area (Å²) in [5, 5.41) is 5.16. The van der Waals surface area contributed by atoms with E-state index in [2.05, 4.69) is 16.7 Å². The molecule has 2 rings (SSSR count). The van der Waals surface area contributed by atoms with Crippen LogP contribution in [0.4, 0.5) is 4.79 Å². The molecule has 1 atom stereocenters. The number of ether oxygens (including phenoxy) is 1. The van der Waals surface area contributed by atoms with Gasteiger partial charge in [0.05, 0.1) is 14.2 Å². The van der Waals surface area contributed by atoms with Crippen molar-refractivity contribution in [3.63, 3.8) is 0 Å². The molecule has 0 spiro atoms. The summed E-state index contributed by atoms with van der Waals surface area (Å²) in [6.07, 6.45) is 7.90. The molecule has 26 heavy (non-hydrogen) atoms. The molecule has 0 heterocycles. The first-order chi connectivity index (χ1) is 12.6. The van der Waals surface area contributed by atoms with E-state index in [1.54, 1.807) is 7.11 Å². The molecule has 0 aromatic heterocycles. The number of hydrogen-bond donors (Lipinski definition) is 3. The molecule has 1 aromatic rings. The Morgan fingerprint density at radius 1 is 1.19 bits per heavy atom. The summed E-state index contributed by atoms with van der Waals surface area (Å²) >= 11 is 0. The van der Waals surface area contributed by atoms with E-state index in [9.17, 15) is 9.59 Å².